The molecule has 2 rings (SSSR count). The van der Waals surface area contributed by atoms with E-state index in [4.69, 9.17) is 5.73 Å². The highest BCUT2D eigenvalue weighted by molar-refractivity contribution is 5.10. The van der Waals surface area contributed by atoms with E-state index < -0.39 is 24.6 Å². The zero-order valence-electron chi connectivity index (χ0n) is 11.8. The lowest BCUT2D eigenvalue weighted by atomic mass is 9.98. The predicted molar refractivity (Wildman–Crippen MR) is 70.9 cm³/mol. The fraction of sp³-hybridized carbons (Fsp3) is 0.643. The van der Waals surface area contributed by atoms with Crippen LogP contribution in [0.5, 0.6) is 0 Å². The molecule has 2 unspecified atom stereocenters. The van der Waals surface area contributed by atoms with Gasteiger partial charge in [-0.15, -0.1) is 0 Å². The summed E-state index contributed by atoms with van der Waals surface area (Å²) < 4.78 is 50.6. The van der Waals surface area contributed by atoms with Crippen LogP contribution in [0.25, 0.3) is 0 Å². The second-order valence-corrected chi connectivity index (χ2v) is 5.68. The Kier molecular flexibility index (Phi) is 4.83. The summed E-state index contributed by atoms with van der Waals surface area (Å²) in [5.74, 6) is -0.666. The first-order valence-electron chi connectivity index (χ1n) is 6.94. The molecule has 0 amide bonds. The topological polar surface area (TPSA) is 42.1 Å². The number of pyridine rings is 1. The highest BCUT2D eigenvalue weighted by Gasteiger charge is 2.39. The molecule has 118 valence electrons. The van der Waals surface area contributed by atoms with Gasteiger partial charge in [0.25, 0.3) is 0 Å². The van der Waals surface area contributed by atoms with E-state index >= 15 is 0 Å². The molecule has 1 heterocycles. The molecule has 1 aromatic rings. The minimum Gasteiger partial charge on any atom is -0.322 e. The molecule has 0 radical (unpaired) electrons. The molecule has 2 N–H and O–H groups in total. The molecule has 0 aliphatic heterocycles. The quantitative estimate of drug-likeness (QED) is 0.822. The number of nitrogens with two attached hydrogens (primary N) is 1. The molecular formula is C14H19F4N3. The van der Waals surface area contributed by atoms with Gasteiger partial charge in [0.2, 0.25) is 0 Å². The van der Waals surface area contributed by atoms with Crippen LogP contribution >= 0.6 is 0 Å². The van der Waals surface area contributed by atoms with Crippen LogP contribution in [0.3, 0.4) is 0 Å². The van der Waals surface area contributed by atoms with Gasteiger partial charge in [-0.1, -0.05) is 6.92 Å². The van der Waals surface area contributed by atoms with Gasteiger partial charge in [0.05, 0.1) is 24.5 Å². The maximum Gasteiger partial charge on any atom is 0.401 e. The predicted octanol–water partition coefficient (Wildman–Crippen LogP) is 2.88. The van der Waals surface area contributed by atoms with E-state index in [1.807, 2.05) is 0 Å². The molecule has 0 saturated heterocycles. The van der Waals surface area contributed by atoms with Crippen molar-refractivity contribution in [1.82, 2.24) is 9.88 Å². The van der Waals surface area contributed by atoms with Crippen molar-refractivity contribution in [2.75, 3.05) is 13.1 Å². The molecule has 3 nitrogen and oxygen atoms in total. The van der Waals surface area contributed by atoms with Gasteiger partial charge in [0.15, 0.2) is 0 Å². The number of hydrogen-bond acceptors (Lipinski definition) is 3. The normalized spacial score (nSPS) is 18.8. The van der Waals surface area contributed by atoms with Crippen LogP contribution in [0.15, 0.2) is 18.3 Å². The molecule has 1 aliphatic rings. The van der Waals surface area contributed by atoms with E-state index in [1.54, 1.807) is 6.92 Å². The van der Waals surface area contributed by atoms with E-state index in [2.05, 4.69) is 4.98 Å². The largest absolute Gasteiger partial charge is 0.401 e. The van der Waals surface area contributed by atoms with Gasteiger partial charge in [-0.2, -0.15) is 13.2 Å². The van der Waals surface area contributed by atoms with Crippen LogP contribution in [-0.4, -0.2) is 35.2 Å². The van der Waals surface area contributed by atoms with Crippen LogP contribution in [0.4, 0.5) is 17.6 Å². The van der Waals surface area contributed by atoms with Crippen molar-refractivity contribution < 1.29 is 17.6 Å². The molecule has 2 atom stereocenters. The summed E-state index contributed by atoms with van der Waals surface area (Å²) in [6.45, 7) is 1.14. The lowest BCUT2D eigenvalue weighted by molar-refractivity contribution is -0.148. The van der Waals surface area contributed by atoms with Crippen molar-refractivity contribution >= 4 is 0 Å². The van der Waals surface area contributed by atoms with Crippen molar-refractivity contribution in [1.29, 1.82) is 0 Å². The molecule has 0 bridgehead atoms. The maximum atomic E-state index is 12.8. The minimum absolute atomic E-state index is 0.00227. The Bertz CT molecular complexity index is 456. The van der Waals surface area contributed by atoms with E-state index in [9.17, 15) is 17.6 Å². The molecule has 7 heteroatoms. The summed E-state index contributed by atoms with van der Waals surface area (Å²) in [4.78, 5) is 5.34. The molecular weight excluding hydrogens is 286 g/mol. The van der Waals surface area contributed by atoms with E-state index in [0.717, 1.165) is 19.0 Å². The Hall–Kier alpha value is -1.21. The molecule has 1 fully saturated rings. The second kappa shape index (κ2) is 6.27. The van der Waals surface area contributed by atoms with Crippen molar-refractivity contribution in [3.05, 3.63) is 29.8 Å². The first-order valence-corrected chi connectivity index (χ1v) is 6.94. The smallest absolute Gasteiger partial charge is 0.322 e. The van der Waals surface area contributed by atoms with E-state index in [0.29, 0.717) is 5.69 Å². The fourth-order valence-electron chi connectivity index (χ4n) is 2.37. The van der Waals surface area contributed by atoms with Gasteiger partial charge in [0.1, 0.15) is 5.82 Å². The molecule has 1 saturated carbocycles. The zero-order chi connectivity index (χ0) is 15.6. The van der Waals surface area contributed by atoms with Crippen molar-refractivity contribution in [2.45, 2.75) is 38.0 Å². The third kappa shape index (κ3) is 4.93. The fourth-order valence-corrected chi connectivity index (χ4v) is 2.37. The van der Waals surface area contributed by atoms with Crippen molar-refractivity contribution in [3.63, 3.8) is 0 Å². The standard InChI is InChI=1S/C14H19F4N3/c1-9(13(19)12-5-2-10(15)6-20-12)7-21(11-3-4-11)8-14(16,17)18/h2,5-6,9,11,13H,3-4,7-8,19H2,1H3. The van der Waals surface area contributed by atoms with E-state index in [1.165, 1.54) is 17.0 Å². The SMILES string of the molecule is CC(CN(CC(F)(F)F)C1CC1)C(N)c1ccc(F)cn1. The molecule has 1 aliphatic carbocycles. The summed E-state index contributed by atoms with van der Waals surface area (Å²) in [5, 5.41) is 0. The van der Waals surface area contributed by atoms with Gasteiger partial charge in [-0.05, 0) is 30.9 Å². The monoisotopic (exact) mass is 305 g/mol. The Labute approximate surface area is 121 Å². The van der Waals surface area contributed by atoms with Gasteiger partial charge < -0.3 is 5.73 Å². The third-order valence-electron chi connectivity index (χ3n) is 3.67. The van der Waals surface area contributed by atoms with Gasteiger partial charge in [0, 0.05) is 12.6 Å². The lowest BCUT2D eigenvalue weighted by Gasteiger charge is -2.29. The van der Waals surface area contributed by atoms with Crippen LogP contribution < -0.4 is 5.73 Å². The summed E-state index contributed by atoms with van der Waals surface area (Å²) in [7, 11) is 0. The van der Waals surface area contributed by atoms with Gasteiger partial charge in [-0.3, -0.25) is 9.88 Å². The first kappa shape index (κ1) is 16.2. The Balaban J connectivity index is 1.97. The van der Waals surface area contributed by atoms with Gasteiger partial charge in [-0.25, -0.2) is 4.39 Å². The number of alkyl halides is 3. The molecule has 1 aromatic heterocycles. The Morgan fingerprint density at radius 1 is 1.38 bits per heavy atom. The number of rotatable bonds is 6. The van der Waals surface area contributed by atoms with E-state index in [-0.39, 0.29) is 18.5 Å². The summed E-state index contributed by atoms with van der Waals surface area (Å²) in [6, 6.07) is 2.22. The number of halogens is 4. The summed E-state index contributed by atoms with van der Waals surface area (Å²) in [5.41, 5.74) is 6.52. The number of hydrogen-bond donors (Lipinski definition) is 1. The summed E-state index contributed by atoms with van der Waals surface area (Å²) >= 11 is 0. The lowest BCUT2D eigenvalue weighted by Crippen LogP contribution is -2.40. The van der Waals surface area contributed by atoms with Crippen molar-refractivity contribution in [2.24, 2.45) is 11.7 Å². The van der Waals surface area contributed by atoms with Gasteiger partial charge >= 0.3 is 6.18 Å². The molecule has 0 spiro atoms. The van der Waals surface area contributed by atoms with Crippen LogP contribution in [0.2, 0.25) is 0 Å². The zero-order valence-corrected chi connectivity index (χ0v) is 11.8. The highest BCUT2D eigenvalue weighted by atomic mass is 19.4. The maximum absolute atomic E-state index is 12.8. The highest BCUT2D eigenvalue weighted by Crippen LogP contribution is 2.32. The third-order valence-corrected chi connectivity index (χ3v) is 3.67. The second-order valence-electron chi connectivity index (χ2n) is 5.68. The van der Waals surface area contributed by atoms with Crippen molar-refractivity contribution in [3.8, 4) is 0 Å². The average Bonchev–Trinajstić information content (AvgIpc) is 3.20. The molecule has 0 aromatic carbocycles. The van der Waals surface area contributed by atoms with Crippen LogP contribution in [-0.2, 0) is 0 Å². The summed E-state index contributed by atoms with van der Waals surface area (Å²) in [6.07, 6.45) is -1.55. The number of aromatic nitrogens is 1. The Morgan fingerprint density at radius 3 is 2.52 bits per heavy atom. The minimum atomic E-state index is -4.21. The molecule has 21 heavy (non-hydrogen) atoms. The van der Waals surface area contributed by atoms with Crippen LogP contribution in [0, 0.1) is 11.7 Å². The average molecular weight is 305 g/mol. The Morgan fingerprint density at radius 2 is 2.05 bits per heavy atom. The first-order chi connectivity index (χ1) is 9.76. The number of nitrogens with zero attached hydrogens (tertiary/aromatic N) is 2. The van der Waals surface area contributed by atoms with Crippen LogP contribution in [0.1, 0.15) is 31.5 Å².